The van der Waals surface area contributed by atoms with Crippen molar-refractivity contribution in [2.45, 2.75) is 6.92 Å². The lowest BCUT2D eigenvalue weighted by Crippen LogP contribution is -2.06. The Hall–Kier alpha value is -2.43. The Labute approximate surface area is 98.5 Å². The number of carbonyl (C=O) groups is 1. The van der Waals surface area contributed by atoms with Crippen LogP contribution in [0.3, 0.4) is 0 Å². The van der Waals surface area contributed by atoms with Crippen LogP contribution in [0.1, 0.15) is 6.92 Å². The molecule has 5 nitrogen and oxygen atoms in total. The number of hydrogen-bond acceptors (Lipinski definition) is 4. The van der Waals surface area contributed by atoms with Crippen molar-refractivity contribution in [3.05, 3.63) is 42.7 Å². The van der Waals surface area contributed by atoms with E-state index >= 15 is 0 Å². The Morgan fingerprint density at radius 2 is 1.82 bits per heavy atom. The minimum atomic E-state index is -0.162. The van der Waals surface area contributed by atoms with E-state index in [1.165, 1.54) is 19.3 Å². The molecule has 2 aromatic rings. The third kappa shape index (κ3) is 3.27. The van der Waals surface area contributed by atoms with Crippen LogP contribution in [-0.2, 0) is 4.79 Å². The largest absolute Gasteiger partial charge is 0.424 e. The number of rotatable bonds is 3. The molecule has 0 unspecified atom stereocenters. The molecule has 1 heterocycles. The second-order valence-corrected chi connectivity index (χ2v) is 3.35. The van der Waals surface area contributed by atoms with Gasteiger partial charge < -0.3 is 10.1 Å². The molecule has 0 saturated carbocycles. The van der Waals surface area contributed by atoms with Crippen molar-refractivity contribution >= 4 is 11.6 Å². The van der Waals surface area contributed by atoms with E-state index in [-0.39, 0.29) is 11.9 Å². The van der Waals surface area contributed by atoms with Gasteiger partial charge in [-0.3, -0.25) is 4.79 Å². The fourth-order valence-corrected chi connectivity index (χ4v) is 1.23. The third-order valence-electron chi connectivity index (χ3n) is 1.90. The highest BCUT2D eigenvalue weighted by molar-refractivity contribution is 5.88. The fourth-order valence-electron chi connectivity index (χ4n) is 1.23. The van der Waals surface area contributed by atoms with Gasteiger partial charge in [0.05, 0.1) is 18.1 Å². The first-order valence-electron chi connectivity index (χ1n) is 5.06. The van der Waals surface area contributed by atoms with Gasteiger partial charge in [-0.1, -0.05) is 18.2 Å². The van der Waals surface area contributed by atoms with Gasteiger partial charge in [0.15, 0.2) is 0 Å². The number of para-hydroxylation sites is 1. The summed E-state index contributed by atoms with van der Waals surface area (Å²) in [4.78, 5) is 18.7. The number of amides is 1. The summed E-state index contributed by atoms with van der Waals surface area (Å²) in [5, 5.41) is 2.58. The molecule has 0 spiro atoms. The average Bonchev–Trinajstić information content (AvgIpc) is 2.32. The van der Waals surface area contributed by atoms with Crippen molar-refractivity contribution in [2.24, 2.45) is 0 Å². The van der Waals surface area contributed by atoms with Crippen LogP contribution in [0.15, 0.2) is 42.7 Å². The van der Waals surface area contributed by atoms with Gasteiger partial charge in [0.25, 0.3) is 0 Å². The van der Waals surface area contributed by atoms with Crippen LogP contribution < -0.4 is 10.1 Å². The molecule has 0 bridgehead atoms. The van der Waals surface area contributed by atoms with Crippen molar-refractivity contribution in [1.29, 1.82) is 0 Å². The van der Waals surface area contributed by atoms with E-state index < -0.39 is 0 Å². The summed E-state index contributed by atoms with van der Waals surface area (Å²) < 4.78 is 5.40. The number of nitrogens with zero attached hydrogens (tertiary/aromatic N) is 2. The van der Waals surface area contributed by atoms with Gasteiger partial charge in [-0.2, -0.15) is 0 Å². The molecule has 0 aliphatic carbocycles. The Morgan fingerprint density at radius 1 is 1.18 bits per heavy atom. The van der Waals surface area contributed by atoms with Crippen molar-refractivity contribution in [2.75, 3.05) is 5.32 Å². The Kier molecular flexibility index (Phi) is 3.30. The molecule has 86 valence electrons. The minimum Gasteiger partial charge on any atom is -0.424 e. The van der Waals surface area contributed by atoms with Gasteiger partial charge in [0.2, 0.25) is 5.91 Å². The molecule has 0 saturated heterocycles. The highest BCUT2D eigenvalue weighted by Gasteiger charge is 2.01. The van der Waals surface area contributed by atoms with E-state index in [2.05, 4.69) is 15.3 Å². The third-order valence-corrected chi connectivity index (χ3v) is 1.90. The maximum Gasteiger partial charge on any atom is 0.322 e. The Balaban J connectivity index is 2.06. The summed E-state index contributed by atoms with van der Waals surface area (Å²) in [5.41, 5.74) is 0.540. The predicted octanol–water partition coefficient (Wildman–Crippen LogP) is 2.23. The lowest BCUT2D eigenvalue weighted by Gasteiger charge is -2.04. The second kappa shape index (κ2) is 5.07. The van der Waals surface area contributed by atoms with Gasteiger partial charge in [0.1, 0.15) is 5.75 Å². The van der Waals surface area contributed by atoms with Crippen molar-refractivity contribution < 1.29 is 9.53 Å². The van der Waals surface area contributed by atoms with Crippen LogP contribution in [-0.4, -0.2) is 15.9 Å². The standard InChI is InChI=1S/C12H11N3O2/c1-9(16)15-10-7-13-12(14-8-10)17-11-5-3-2-4-6-11/h2-8H,1H3,(H,15,16). The van der Waals surface area contributed by atoms with Gasteiger partial charge >= 0.3 is 6.01 Å². The number of hydrogen-bond donors (Lipinski definition) is 1. The van der Waals surface area contributed by atoms with Gasteiger partial charge in [-0.05, 0) is 12.1 Å². The lowest BCUT2D eigenvalue weighted by molar-refractivity contribution is -0.114. The minimum absolute atomic E-state index is 0.162. The summed E-state index contributed by atoms with van der Waals surface area (Å²) in [6.45, 7) is 1.42. The van der Waals surface area contributed by atoms with Crippen molar-refractivity contribution in [3.8, 4) is 11.8 Å². The first-order valence-corrected chi connectivity index (χ1v) is 5.06. The van der Waals surface area contributed by atoms with Crippen LogP contribution in [0.25, 0.3) is 0 Å². The monoisotopic (exact) mass is 229 g/mol. The first-order chi connectivity index (χ1) is 8.24. The number of ether oxygens (including phenoxy) is 1. The zero-order valence-electron chi connectivity index (χ0n) is 9.25. The summed E-state index contributed by atoms with van der Waals surface area (Å²) in [6, 6.07) is 9.48. The van der Waals surface area contributed by atoms with Gasteiger partial charge in [-0.15, -0.1) is 0 Å². The highest BCUT2D eigenvalue weighted by Crippen LogP contribution is 2.16. The topological polar surface area (TPSA) is 64.1 Å². The molecular weight excluding hydrogens is 218 g/mol. The quantitative estimate of drug-likeness (QED) is 0.876. The smallest absolute Gasteiger partial charge is 0.322 e. The van der Waals surface area contributed by atoms with Crippen LogP contribution in [0.5, 0.6) is 11.8 Å². The van der Waals surface area contributed by atoms with Crippen LogP contribution >= 0.6 is 0 Å². The molecule has 0 aliphatic rings. The molecule has 0 radical (unpaired) electrons. The van der Waals surface area contributed by atoms with Crippen molar-refractivity contribution in [1.82, 2.24) is 9.97 Å². The number of nitrogens with one attached hydrogen (secondary N) is 1. The molecule has 0 aliphatic heterocycles. The SMILES string of the molecule is CC(=O)Nc1cnc(Oc2ccccc2)nc1. The summed E-state index contributed by atoms with van der Waals surface area (Å²) in [5.74, 6) is 0.505. The van der Waals surface area contributed by atoms with E-state index in [1.807, 2.05) is 30.3 Å². The molecule has 17 heavy (non-hydrogen) atoms. The Morgan fingerprint density at radius 3 is 2.41 bits per heavy atom. The van der Waals surface area contributed by atoms with Crippen LogP contribution in [0.2, 0.25) is 0 Å². The van der Waals surface area contributed by atoms with Gasteiger partial charge in [-0.25, -0.2) is 9.97 Å². The molecule has 2 rings (SSSR count). The Bertz CT molecular complexity index is 497. The molecule has 5 heteroatoms. The van der Waals surface area contributed by atoms with E-state index in [9.17, 15) is 4.79 Å². The molecule has 0 atom stereocenters. The molecule has 1 N–H and O–H groups in total. The van der Waals surface area contributed by atoms with Gasteiger partial charge in [0, 0.05) is 6.92 Å². The first kappa shape index (κ1) is 11.1. The van der Waals surface area contributed by atoms with Crippen LogP contribution in [0.4, 0.5) is 5.69 Å². The maximum absolute atomic E-state index is 10.8. The molecule has 0 fully saturated rings. The van der Waals surface area contributed by atoms with E-state index in [0.29, 0.717) is 11.4 Å². The second-order valence-electron chi connectivity index (χ2n) is 3.35. The summed E-state index contributed by atoms with van der Waals surface area (Å²) >= 11 is 0. The summed E-state index contributed by atoms with van der Waals surface area (Å²) in [6.07, 6.45) is 2.99. The normalized spacial score (nSPS) is 9.71. The van der Waals surface area contributed by atoms with Crippen LogP contribution in [0, 0.1) is 0 Å². The average molecular weight is 229 g/mol. The number of carbonyl (C=O) groups excluding carboxylic acids is 1. The predicted molar refractivity (Wildman–Crippen MR) is 62.9 cm³/mol. The maximum atomic E-state index is 10.8. The summed E-state index contributed by atoms with van der Waals surface area (Å²) in [7, 11) is 0. The van der Waals surface area contributed by atoms with Crippen molar-refractivity contribution in [3.63, 3.8) is 0 Å². The lowest BCUT2D eigenvalue weighted by atomic mass is 10.3. The molecule has 1 amide bonds. The highest BCUT2D eigenvalue weighted by atomic mass is 16.5. The zero-order valence-corrected chi connectivity index (χ0v) is 9.25. The molecular formula is C12H11N3O2. The number of anilines is 1. The number of benzene rings is 1. The molecule has 1 aromatic heterocycles. The van der Waals surface area contributed by atoms with E-state index in [1.54, 1.807) is 0 Å². The fraction of sp³-hybridized carbons (Fsp3) is 0.0833. The molecule has 1 aromatic carbocycles. The van der Waals surface area contributed by atoms with E-state index in [0.717, 1.165) is 0 Å². The number of aromatic nitrogens is 2. The van der Waals surface area contributed by atoms with E-state index in [4.69, 9.17) is 4.74 Å². The zero-order chi connectivity index (χ0) is 12.1.